The Kier molecular flexibility index (Phi) is 3.69. The normalized spacial score (nSPS) is 11.5. The highest BCUT2D eigenvalue weighted by Crippen LogP contribution is 2.25. The molecule has 2 rings (SSSR count). The number of aromatic nitrogens is 2. The average molecular weight is 258 g/mol. The molecule has 1 aromatic carbocycles. The Balaban J connectivity index is 2.15. The topological polar surface area (TPSA) is 66.0 Å². The molecule has 0 unspecified atom stereocenters. The molecular weight excluding hydrogens is 240 g/mol. The van der Waals surface area contributed by atoms with Crippen LogP contribution in [0.1, 0.15) is 30.9 Å². The highest BCUT2D eigenvalue weighted by Gasteiger charge is 2.24. The first-order chi connectivity index (χ1) is 8.97. The first-order valence-electron chi connectivity index (χ1n) is 6.27. The molecule has 2 N–H and O–H groups in total. The van der Waals surface area contributed by atoms with Gasteiger partial charge in [-0.05, 0) is 12.0 Å². The van der Waals surface area contributed by atoms with Crippen LogP contribution in [0.25, 0.3) is 0 Å². The monoisotopic (exact) mass is 258 g/mol. The van der Waals surface area contributed by atoms with Gasteiger partial charge in [-0.2, -0.15) is 0 Å². The lowest BCUT2D eigenvalue weighted by Gasteiger charge is -2.22. The molecular formula is C15H18N2O2. The number of nitrogens with one attached hydrogen (secondary N) is 1. The number of carboxylic acid groups (broad SMARTS) is 1. The fourth-order valence-electron chi connectivity index (χ4n) is 2.15. The van der Waals surface area contributed by atoms with Crippen molar-refractivity contribution < 1.29 is 9.90 Å². The fraction of sp³-hybridized carbons (Fsp3) is 0.333. The molecule has 0 aliphatic heterocycles. The molecule has 0 saturated carbocycles. The van der Waals surface area contributed by atoms with Crippen molar-refractivity contribution in [3.8, 4) is 0 Å². The van der Waals surface area contributed by atoms with Gasteiger partial charge >= 0.3 is 5.97 Å². The number of carboxylic acids is 1. The lowest BCUT2D eigenvalue weighted by molar-refractivity contribution is -0.136. The van der Waals surface area contributed by atoms with E-state index >= 15 is 0 Å². The fourth-order valence-corrected chi connectivity index (χ4v) is 2.15. The van der Waals surface area contributed by atoms with Gasteiger partial charge in [-0.15, -0.1) is 0 Å². The first kappa shape index (κ1) is 13.3. The van der Waals surface area contributed by atoms with E-state index in [-0.39, 0.29) is 11.8 Å². The van der Waals surface area contributed by atoms with Crippen molar-refractivity contribution in [3.05, 3.63) is 53.6 Å². The van der Waals surface area contributed by atoms with Gasteiger partial charge in [-0.25, -0.2) is 4.98 Å². The van der Waals surface area contributed by atoms with E-state index in [2.05, 4.69) is 35.9 Å². The van der Waals surface area contributed by atoms with Crippen molar-refractivity contribution in [1.82, 2.24) is 9.97 Å². The van der Waals surface area contributed by atoms with Crippen LogP contribution < -0.4 is 0 Å². The smallest absolute Gasteiger partial charge is 0.309 e. The zero-order chi connectivity index (χ0) is 13.9. The molecule has 2 aromatic rings. The highest BCUT2D eigenvalue weighted by atomic mass is 16.4. The Hall–Kier alpha value is -2.10. The van der Waals surface area contributed by atoms with Crippen LogP contribution in [0.15, 0.2) is 36.5 Å². The SMILES string of the molecule is CC(C)(Cc1ccccc1)c1ncc(CC(=O)O)[nH]1. The summed E-state index contributed by atoms with van der Waals surface area (Å²) in [4.78, 5) is 18.1. The number of aliphatic carboxylic acids is 1. The van der Waals surface area contributed by atoms with Gasteiger partial charge in [0.1, 0.15) is 5.82 Å². The van der Waals surface area contributed by atoms with E-state index in [0.717, 1.165) is 12.2 Å². The Bertz CT molecular complexity index is 559. The van der Waals surface area contributed by atoms with E-state index in [1.165, 1.54) is 5.56 Å². The second-order valence-corrected chi connectivity index (χ2v) is 5.37. The Morgan fingerprint density at radius 1 is 1.32 bits per heavy atom. The van der Waals surface area contributed by atoms with Crippen LogP contribution >= 0.6 is 0 Å². The van der Waals surface area contributed by atoms with E-state index in [1.807, 2.05) is 18.2 Å². The summed E-state index contributed by atoms with van der Waals surface area (Å²) >= 11 is 0. The maximum absolute atomic E-state index is 10.7. The molecule has 1 heterocycles. The molecule has 0 aliphatic rings. The Labute approximate surface area is 112 Å². The van der Waals surface area contributed by atoms with Crippen molar-refractivity contribution in [2.75, 3.05) is 0 Å². The van der Waals surface area contributed by atoms with Crippen LogP contribution in [0.3, 0.4) is 0 Å². The minimum atomic E-state index is -0.851. The number of rotatable bonds is 5. The molecule has 0 radical (unpaired) electrons. The molecule has 100 valence electrons. The third kappa shape index (κ3) is 3.44. The summed E-state index contributed by atoms with van der Waals surface area (Å²) in [5.74, 6) is -0.0244. The number of aromatic amines is 1. The predicted octanol–water partition coefficient (Wildman–Crippen LogP) is 2.56. The van der Waals surface area contributed by atoms with Crippen LogP contribution in [0, 0.1) is 0 Å². The Morgan fingerprint density at radius 2 is 2.00 bits per heavy atom. The van der Waals surface area contributed by atoms with E-state index in [1.54, 1.807) is 6.20 Å². The summed E-state index contributed by atoms with van der Waals surface area (Å²) in [6.07, 6.45) is 2.44. The molecule has 0 spiro atoms. The minimum absolute atomic E-state index is 0.0194. The van der Waals surface area contributed by atoms with Crippen molar-refractivity contribution in [3.63, 3.8) is 0 Å². The van der Waals surface area contributed by atoms with Crippen molar-refractivity contribution in [2.24, 2.45) is 0 Å². The average Bonchev–Trinajstić information content (AvgIpc) is 2.78. The van der Waals surface area contributed by atoms with Crippen molar-refractivity contribution in [2.45, 2.75) is 32.1 Å². The van der Waals surface area contributed by atoms with Crippen LogP contribution in [-0.4, -0.2) is 21.0 Å². The molecule has 0 atom stereocenters. The zero-order valence-electron chi connectivity index (χ0n) is 11.2. The van der Waals surface area contributed by atoms with Gasteiger partial charge in [0.2, 0.25) is 0 Å². The third-order valence-electron chi connectivity index (χ3n) is 3.10. The lowest BCUT2D eigenvalue weighted by atomic mass is 9.85. The van der Waals surface area contributed by atoms with Crippen LogP contribution in [-0.2, 0) is 23.1 Å². The number of nitrogens with zero attached hydrogens (tertiary/aromatic N) is 1. The molecule has 0 fully saturated rings. The van der Waals surface area contributed by atoms with Crippen molar-refractivity contribution in [1.29, 1.82) is 0 Å². The van der Waals surface area contributed by atoms with Gasteiger partial charge in [0.15, 0.2) is 0 Å². The Morgan fingerprint density at radius 3 is 2.63 bits per heavy atom. The molecule has 0 bridgehead atoms. The predicted molar refractivity (Wildman–Crippen MR) is 73.1 cm³/mol. The summed E-state index contributed by atoms with van der Waals surface area (Å²) in [7, 11) is 0. The second kappa shape index (κ2) is 5.26. The molecule has 4 heteroatoms. The van der Waals surface area contributed by atoms with Gasteiger partial charge in [-0.1, -0.05) is 44.2 Å². The van der Waals surface area contributed by atoms with Crippen LogP contribution in [0.2, 0.25) is 0 Å². The van der Waals surface area contributed by atoms with Crippen LogP contribution in [0.4, 0.5) is 0 Å². The van der Waals surface area contributed by atoms with Crippen LogP contribution in [0.5, 0.6) is 0 Å². The number of hydrogen-bond acceptors (Lipinski definition) is 2. The van der Waals surface area contributed by atoms with Gasteiger partial charge in [0.25, 0.3) is 0 Å². The van der Waals surface area contributed by atoms with Gasteiger partial charge in [0, 0.05) is 17.3 Å². The summed E-state index contributed by atoms with van der Waals surface area (Å²) in [6.45, 7) is 4.20. The maximum Gasteiger partial charge on any atom is 0.309 e. The van der Waals surface area contributed by atoms with Gasteiger partial charge < -0.3 is 10.1 Å². The second-order valence-electron chi connectivity index (χ2n) is 5.37. The molecule has 1 aromatic heterocycles. The summed E-state index contributed by atoms with van der Waals surface area (Å²) in [5.41, 5.74) is 1.73. The summed E-state index contributed by atoms with van der Waals surface area (Å²) in [6, 6.07) is 10.2. The molecule has 0 saturated heterocycles. The lowest BCUT2D eigenvalue weighted by Crippen LogP contribution is -2.22. The largest absolute Gasteiger partial charge is 0.481 e. The first-order valence-corrected chi connectivity index (χ1v) is 6.27. The van der Waals surface area contributed by atoms with E-state index < -0.39 is 5.97 Å². The quantitative estimate of drug-likeness (QED) is 0.866. The standard InChI is InChI=1S/C15H18N2O2/c1-15(2,9-11-6-4-3-5-7-11)14-16-10-12(17-14)8-13(18)19/h3-7,10H,8-9H2,1-2H3,(H,16,17)(H,18,19). The van der Waals surface area contributed by atoms with Gasteiger partial charge in [-0.3, -0.25) is 4.79 Å². The number of imidazole rings is 1. The van der Waals surface area contributed by atoms with E-state index in [4.69, 9.17) is 5.11 Å². The number of carbonyl (C=O) groups is 1. The zero-order valence-corrected chi connectivity index (χ0v) is 11.2. The maximum atomic E-state index is 10.7. The molecule has 0 amide bonds. The number of hydrogen-bond donors (Lipinski definition) is 2. The molecule has 19 heavy (non-hydrogen) atoms. The summed E-state index contributed by atoms with van der Waals surface area (Å²) < 4.78 is 0. The number of H-pyrrole nitrogens is 1. The number of benzene rings is 1. The van der Waals surface area contributed by atoms with Crippen molar-refractivity contribution >= 4 is 5.97 Å². The van der Waals surface area contributed by atoms with E-state index in [0.29, 0.717) is 5.69 Å². The highest BCUT2D eigenvalue weighted by molar-refractivity contribution is 5.69. The molecule has 4 nitrogen and oxygen atoms in total. The third-order valence-corrected chi connectivity index (χ3v) is 3.10. The minimum Gasteiger partial charge on any atom is -0.481 e. The molecule has 0 aliphatic carbocycles. The van der Waals surface area contributed by atoms with E-state index in [9.17, 15) is 4.79 Å². The summed E-state index contributed by atoms with van der Waals surface area (Å²) in [5, 5.41) is 8.77. The van der Waals surface area contributed by atoms with Gasteiger partial charge in [0.05, 0.1) is 6.42 Å².